The number of nitrogens with zero attached hydrogens (tertiary/aromatic N) is 9. The van der Waals surface area contributed by atoms with E-state index in [1.807, 2.05) is 231 Å². The van der Waals surface area contributed by atoms with E-state index in [1.54, 1.807) is 0 Å². The molecule has 6 heterocycles. The van der Waals surface area contributed by atoms with Crippen molar-refractivity contribution in [1.82, 2.24) is 44.9 Å². The number of hydrogen-bond donors (Lipinski definition) is 0. The van der Waals surface area contributed by atoms with Crippen molar-refractivity contribution >= 4 is 44.4 Å². The summed E-state index contributed by atoms with van der Waals surface area (Å²) in [6.45, 7) is 17.2. The molecule has 0 spiro atoms. The Morgan fingerprint density at radius 2 is 0.417 bits per heavy atom. The van der Waals surface area contributed by atoms with Gasteiger partial charge in [-0.15, -0.1) is 0 Å². The van der Waals surface area contributed by atoms with E-state index in [2.05, 4.69) is 184 Å². The molecule has 560 valence electrons. The van der Waals surface area contributed by atoms with Crippen molar-refractivity contribution < 1.29 is 18.8 Å². The maximum absolute atomic E-state index is 6.59. The number of benzene rings is 13. The molecule has 0 radical (unpaired) electrons. The monoisotopic (exact) mass is 1630 g/mol. The second kappa shape index (κ2) is 31.4. The summed E-state index contributed by atoms with van der Waals surface area (Å²) in [6, 6.07) is 110. The molecule has 0 atom stereocenters. The molecule has 0 bridgehead atoms. The van der Waals surface area contributed by atoms with Crippen molar-refractivity contribution in [3.8, 4) is 148 Å². The average molecular weight is 1630 g/mol. The van der Waals surface area contributed by atoms with Crippen LogP contribution in [0.2, 0.25) is 0 Å². The van der Waals surface area contributed by atoms with E-state index < -0.39 is 7.12 Å². The fourth-order valence-electron chi connectivity index (χ4n) is 14.5. The van der Waals surface area contributed by atoms with Crippen LogP contribution in [0, 0.1) is 0 Å². The highest BCUT2D eigenvalue weighted by Crippen LogP contribution is 2.52. The van der Waals surface area contributed by atoms with Crippen molar-refractivity contribution in [2.45, 2.75) is 77.4 Å². The zero-order valence-corrected chi connectivity index (χ0v) is 67.8. The van der Waals surface area contributed by atoms with Gasteiger partial charge in [0.2, 0.25) is 0 Å². The third-order valence-corrected chi connectivity index (χ3v) is 22.7. The van der Waals surface area contributed by atoms with Crippen molar-refractivity contribution in [2.75, 3.05) is 0 Å². The van der Waals surface area contributed by atoms with Crippen LogP contribution in [-0.2, 0) is 20.1 Å². The molecular formula is C99H78BBr2N9O4. The third-order valence-electron chi connectivity index (χ3n) is 21.7. The van der Waals surface area contributed by atoms with Crippen molar-refractivity contribution in [3.63, 3.8) is 0 Å². The predicted molar refractivity (Wildman–Crippen MR) is 468 cm³/mol. The molecule has 16 aromatic rings. The summed E-state index contributed by atoms with van der Waals surface area (Å²) in [5.74, 6) is 9.35. The van der Waals surface area contributed by atoms with Crippen molar-refractivity contribution in [3.05, 3.63) is 359 Å². The lowest BCUT2D eigenvalue weighted by molar-refractivity contribution is 0.00578. The summed E-state index contributed by atoms with van der Waals surface area (Å²) < 4.78 is 27.1. The van der Waals surface area contributed by atoms with Gasteiger partial charge in [-0.2, -0.15) is 0 Å². The van der Waals surface area contributed by atoms with E-state index in [0.717, 1.165) is 121 Å². The van der Waals surface area contributed by atoms with Crippen molar-refractivity contribution in [2.24, 2.45) is 0 Å². The second-order valence-electron chi connectivity index (χ2n) is 30.6. The number of halogens is 2. The van der Waals surface area contributed by atoms with Crippen LogP contribution >= 0.6 is 31.9 Å². The van der Waals surface area contributed by atoms with Gasteiger partial charge in [0.25, 0.3) is 0 Å². The lowest BCUT2D eigenvalue weighted by Gasteiger charge is -2.35. The van der Waals surface area contributed by atoms with E-state index in [4.69, 9.17) is 63.6 Å². The molecule has 3 aromatic heterocycles. The molecule has 1 saturated heterocycles. The molecule has 19 rings (SSSR count). The largest absolute Gasteiger partial charge is 0.494 e. The zero-order valence-electron chi connectivity index (χ0n) is 64.7. The van der Waals surface area contributed by atoms with Gasteiger partial charge < -0.3 is 18.8 Å². The van der Waals surface area contributed by atoms with Gasteiger partial charge in [0.15, 0.2) is 52.4 Å². The zero-order chi connectivity index (χ0) is 79.0. The summed E-state index contributed by atoms with van der Waals surface area (Å²) in [6.07, 6.45) is 0. The van der Waals surface area contributed by atoms with E-state index in [-0.39, 0.29) is 22.0 Å². The molecule has 115 heavy (non-hydrogen) atoms. The molecule has 1 fully saturated rings. The minimum absolute atomic E-state index is 0.0591. The predicted octanol–water partition coefficient (Wildman–Crippen LogP) is 24.6. The number of fused-ring (bicyclic) bond motifs is 4. The number of aromatic nitrogens is 9. The topological polar surface area (TPSA) is 153 Å². The number of ether oxygens (including phenoxy) is 2. The van der Waals surface area contributed by atoms with Crippen LogP contribution in [0.5, 0.6) is 23.0 Å². The van der Waals surface area contributed by atoms with Gasteiger partial charge >= 0.3 is 7.12 Å². The average Bonchev–Trinajstić information content (AvgIpc) is 1.42. The Hall–Kier alpha value is -12.6. The summed E-state index contributed by atoms with van der Waals surface area (Å²) >= 11 is 7.06. The fraction of sp³-hybridized carbons (Fsp3) is 0.121. The van der Waals surface area contributed by atoms with Gasteiger partial charge in [-0.25, -0.2) is 44.9 Å². The molecular weight excluding hydrogens is 1550 g/mol. The summed E-state index contributed by atoms with van der Waals surface area (Å²) in [4.78, 5) is 43.7. The Morgan fingerprint density at radius 1 is 0.217 bits per heavy atom. The third kappa shape index (κ3) is 15.7. The molecule has 0 N–H and O–H groups in total. The second-order valence-corrected chi connectivity index (χ2v) is 32.5. The van der Waals surface area contributed by atoms with Crippen molar-refractivity contribution in [1.29, 1.82) is 0 Å². The van der Waals surface area contributed by atoms with Gasteiger partial charge in [-0.05, 0) is 116 Å². The lowest BCUT2D eigenvalue weighted by atomic mass is 9.74. The van der Waals surface area contributed by atoms with E-state index in [0.29, 0.717) is 52.4 Å². The van der Waals surface area contributed by atoms with Gasteiger partial charge in [-0.3, -0.25) is 0 Å². The highest BCUT2D eigenvalue weighted by molar-refractivity contribution is 9.10. The molecule has 3 aliphatic heterocycles. The Kier molecular flexibility index (Phi) is 20.5. The molecule has 0 aliphatic carbocycles. The first-order valence-corrected chi connectivity index (χ1v) is 39.9. The van der Waals surface area contributed by atoms with E-state index >= 15 is 0 Å². The van der Waals surface area contributed by atoms with Gasteiger partial charge in [0, 0.05) is 92.1 Å². The SMILES string of the molecule is CC1(C)OB(c2ccc(-c3nc(-c4ccccc4)nc(-c4ccccc4)n3)cc2)OC1(C)C.CC1(C)c2cc(-c3ccc(-c4nc(-c5ccccc5)nc(-c5ccccc5)n4)cc3)ccc2Oc2ccc(-c3ccc(-c4nc(-c5ccccc5)nc(-c5ccccc5)n4)cc3)cc21.CC1(C)c2cc(Br)ccc2Oc2ccc(Br)cc21. The first-order chi connectivity index (χ1) is 55.7. The summed E-state index contributed by atoms with van der Waals surface area (Å²) in [5, 5.41) is 0. The van der Waals surface area contributed by atoms with Crippen LogP contribution < -0.4 is 14.9 Å². The van der Waals surface area contributed by atoms with Crippen LogP contribution in [0.4, 0.5) is 0 Å². The minimum atomic E-state index is -0.401. The molecule has 13 aromatic carbocycles. The fourth-order valence-corrected chi connectivity index (χ4v) is 15.2. The maximum atomic E-state index is 6.59. The standard InChI is InChI=1S/C57H40N6O.C27H26BN3O2.C15H12Br2O/c1-57(2)47-35-45(37-23-27-43(28-24-37)55-60-51(39-15-7-3-8-16-39)58-52(61-55)40-17-9-4-10-18-40)31-33-49(47)64-50-34-32-46(36-48(50)57)38-25-29-44(30-26-38)56-62-53(41-19-11-5-12-20-41)59-54(63-56)42-21-13-6-14-22-42;1-26(2)27(3,4)33-28(32-26)22-17-15-21(16-18-22)25-30-23(19-11-7-5-8-12-19)29-24(31-25)20-13-9-6-10-14-20;1-15(2)11-7-9(16)3-5-13(11)18-14-6-4-10(17)8-12(14)15/h3-36H,1-2H3;5-18H,1-4H3;3-8H,1-2H3. The summed E-state index contributed by atoms with van der Waals surface area (Å²) in [7, 11) is -0.401. The number of hydrogen-bond acceptors (Lipinski definition) is 13. The first kappa shape index (κ1) is 75.1. The minimum Gasteiger partial charge on any atom is -0.457 e. The Balaban J connectivity index is 0.000000153. The van der Waals surface area contributed by atoms with E-state index in [1.165, 1.54) is 11.1 Å². The Labute approximate surface area is 687 Å². The highest BCUT2D eigenvalue weighted by atomic mass is 79.9. The number of rotatable bonds is 12. The van der Waals surface area contributed by atoms with Gasteiger partial charge in [0.1, 0.15) is 23.0 Å². The molecule has 0 unspecified atom stereocenters. The molecule has 0 amide bonds. The Morgan fingerprint density at radius 3 is 0.670 bits per heavy atom. The molecule has 16 heteroatoms. The van der Waals surface area contributed by atoms with Gasteiger partial charge in [-0.1, -0.05) is 326 Å². The van der Waals surface area contributed by atoms with Crippen LogP contribution in [0.15, 0.2) is 337 Å². The summed E-state index contributed by atoms with van der Waals surface area (Å²) in [5.41, 5.74) is 17.3. The maximum Gasteiger partial charge on any atom is 0.494 e. The van der Waals surface area contributed by atoms with Crippen LogP contribution in [-0.4, -0.2) is 63.2 Å². The van der Waals surface area contributed by atoms with Crippen LogP contribution in [0.25, 0.3) is 125 Å². The normalized spacial score (nSPS) is 14.2. The quantitative estimate of drug-likeness (QED) is 0.107. The Bertz CT molecular complexity index is 5770. The lowest BCUT2D eigenvalue weighted by Crippen LogP contribution is -2.41. The van der Waals surface area contributed by atoms with Crippen LogP contribution in [0.3, 0.4) is 0 Å². The molecule has 3 aliphatic rings. The molecule has 13 nitrogen and oxygen atoms in total. The van der Waals surface area contributed by atoms with Gasteiger partial charge in [0.05, 0.1) is 11.2 Å². The smallest absolute Gasteiger partial charge is 0.457 e. The molecule has 0 saturated carbocycles. The van der Waals surface area contributed by atoms with E-state index in [9.17, 15) is 0 Å². The highest BCUT2D eigenvalue weighted by Gasteiger charge is 2.52. The first-order valence-electron chi connectivity index (χ1n) is 38.3. The van der Waals surface area contributed by atoms with Crippen LogP contribution in [0.1, 0.15) is 77.6 Å².